The van der Waals surface area contributed by atoms with Gasteiger partial charge < -0.3 is 0 Å². The highest BCUT2D eigenvalue weighted by Gasteiger charge is 2.29. The van der Waals surface area contributed by atoms with Crippen LogP contribution in [0.25, 0.3) is 10.1 Å². The van der Waals surface area contributed by atoms with Crippen LogP contribution in [0.4, 0.5) is 0 Å². The van der Waals surface area contributed by atoms with E-state index in [9.17, 15) is 18.0 Å². The zero-order valence-electron chi connectivity index (χ0n) is 13.2. The molecule has 0 radical (unpaired) electrons. The van der Waals surface area contributed by atoms with Crippen LogP contribution < -0.4 is 10.9 Å². The topological polar surface area (TPSA) is 92.3 Å². The maximum Gasteiger partial charge on any atom is 0.280 e. The molecule has 1 aromatic carbocycles. The van der Waals surface area contributed by atoms with Crippen LogP contribution in [0.15, 0.2) is 24.3 Å². The summed E-state index contributed by atoms with van der Waals surface area (Å²) in [5, 5.41) is 1.02. The van der Waals surface area contributed by atoms with Crippen molar-refractivity contribution in [1.29, 1.82) is 0 Å². The largest absolute Gasteiger partial charge is 0.280 e. The van der Waals surface area contributed by atoms with Crippen LogP contribution in [0.5, 0.6) is 0 Å². The number of hydrogen-bond acceptors (Lipinski definition) is 5. The summed E-state index contributed by atoms with van der Waals surface area (Å²) in [6.07, 6.45) is 0.601. The third kappa shape index (κ3) is 3.59. The summed E-state index contributed by atoms with van der Waals surface area (Å²) in [5.41, 5.74) is 5.68. The van der Waals surface area contributed by atoms with Gasteiger partial charge in [-0.25, -0.2) is 8.42 Å². The number of nitrogens with one attached hydrogen (secondary N) is 2. The van der Waals surface area contributed by atoms with E-state index in [4.69, 9.17) is 0 Å². The highest BCUT2D eigenvalue weighted by atomic mass is 32.2. The summed E-state index contributed by atoms with van der Waals surface area (Å²) in [6.45, 7) is 1.87. The summed E-state index contributed by atoms with van der Waals surface area (Å²) in [4.78, 5) is 24.7. The molecule has 1 aliphatic heterocycles. The number of benzene rings is 1. The molecule has 0 saturated carbocycles. The standard InChI is InChI=1S/C16H18N2O4S2/c1-10-12-4-2-3-5-13(12)23-15(10)16(20)18-17-14(19)8-11-6-7-24(21,22)9-11/h2-5,11H,6-9H2,1H3,(H,17,19)(H,18,20)/t11-/m1/s1. The Balaban J connectivity index is 1.58. The Kier molecular flexibility index (Phi) is 4.60. The molecule has 24 heavy (non-hydrogen) atoms. The van der Waals surface area contributed by atoms with Crippen LogP contribution in [0.1, 0.15) is 28.1 Å². The van der Waals surface area contributed by atoms with E-state index < -0.39 is 9.84 Å². The van der Waals surface area contributed by atoms with Gasteiger partial charge in [0, 0.05) is 11.1 Å². The van der Waals surface area contributed by atoms with Gasteiger partial charge >= 0.3 is 0 Å². The number of carbonyl (C=O) groups excluding carboxylic acids is 2. The van der Waals surface area contributed by atoms with Crippen molar-refractivity contribution < 1.29 is 18.0 Å². The Hall–Kier alpha value is -1.93. The van der Waals surface area contributed by atoms with E-state index in [-0.39, 0.29) is 35.7 Å². The van der Waals surface area contributed by atoms with Crippen molar-refractivity contribution in [1.82, 2.24) is 10.9 Å². The van der Waals surface area contributed by atoms with E-state index in [1.54, 1.807) is 0 Å². The van der Waals surface area contributed by atoms with Crippen molar-refractivity contribution in [2.75, 3.05) is 11.5 Å². The third-order valence-corrected chi connectivity index (χ3v) is 7.27. The van der Waals surface area contributed by atoms with Gasteiger partial charge in [0.05, 0.1) is 16.4 Å². The SMILES string of the molecule is Cc1c(C(=O)NNC(=O)C[C@H]2CCS(=O)(=O)C2)sc2ccccc12. The van der Waals surface area contributed by atoms with Crippen molar-refractivity contribution in [3.8, 4) is 0 Å². The number of amides is 2. The van der Waals surface area contributed by atoms with Gasteiger partial charge in [0.25, 0.3) is 5.91 Å². The van der Waals surface area contributed by atoms with E-state index in [0.717, 1.165) is 15.6 Å². The number of carbonyl (C=O) groups is 2. The molecule has 2 aromatic rings. The zero-order chi connectivity index (χ0) is 17.3. The Morgan fingerprint density at radius 2 is 2.00 bits per heavy atom. The maximum atomic E-state index is 12.3. The Morgan fingerprint density at radius 1 is 1.25 bits per heavy atom. The highest BCUT2D eigenvalue weighted by Crippen LogP contribution is 2.30. The van der Waals surface area contributed by atoms with Gasteiger partial charge in [-0.05, 0) is 36.3 Å². The van der Waals surface area contributed by atoms with Gasteiger partial charge in [-0.1, -0.05) is 18.2 Å². The number of hydrazine groups is 1. The van der Waals surface area contributed by atoms with Crippen LogP contribution in [0, 0.1) is 12.8 Å². The molecule has 2 amide bonds. The Morgan fingerprint density at radius 3 is 2.67 bits per heavy atom. The summed E-state index contributed by atoms with van der Waals surface area (Å²) in [5.74, 6) is -0.717. The maximum absolute atomic E-state index is 12.3. The molecule has 8 heteroatoms. The van der Waals surface area contributed by atoms with Crippen molar-refractivity contribution >= 4 is 43.1 Å². The molecule has 1 saturated heterocycles. The van der Waals surface area contributed by atoms with Gasteiger partial charge in [-0.2, -0.15) is 0 Å². The fraction of sp³-hybridized carbons (Fsp3) is 0.375. The molecular formula is C16H18N2O4S2. The second-order valence-corrected chi connectivity index (χ2v) is 9.31. The van der Waals surface area contributed by atoms with Crippen molar-refractivity contribution in [3.05, 3.63) is 34.7 Å². The molecule has 6 nitrogen and oxygen atoms in total. The first-order valence-electron chi connectivity index (χ1n) is 7.63. The van der Waals surface area contributed by atoms with Crippen molar-refractivity contribution in [2.45, 2.75) is 19.8 Å². The van der Waals surface area contributed by atoms with Crippen LogP contribution >= 0.6 is 11.3 Å². The predicted octanol–water partition coefficient (Wildman–Crippen LogP) is 1.80. The molecule has 1 fully saturated rings. The van der Waals surface area contributed by atoms with Gasteiger partial charge in [0.2, 0.25) is 5.91 Å². The zero-order valence-corrected chi connectivity index (χ0v) is 14.8. The van der Waals surface area contributed by atoms with Gasteiger partial charge in [0.1, 0.15) is 0 Å². The van der Waals surface area contributed by atoms with Gasteiger partial charge in [-0.15, -0.1) is 11.3 Å². The Labute approximate surface area is 144 Å². The van der Waals surface area contributed by atoms with Crippen LogP contribution in [0.3, 0.4) is 0 Å². The number of hydrogen-bond donors (Lipinski definition) is 2. The number of fused-ring (bicyclic) bond motifs is 1. The number of aryl methyl sites for hydroxylation is 1. The molecule has 2 heterocycles. The van der Waals surface area contributed by atoms with E-state index in [0.29, 0.717) is 11.3 Å². The lowest BCUT2D eigenvalue weighted by Gasteiger charge is -2.09. The number of rotatable bonds is 3. The molecule has 0 unspecified atom stereocenters. The lowest BCUT2D eigenvalue weighted by Crippen LogP contribution is -2.42. The normalized spacial score (nSPS) is 19.3. The summed E-state index contributed by atoms with van der Waals surface area (Å²) >= 11 is 1.37. The third-order valence-electron chi connectivity index (χ3n) is 4.17. The van der Waals surface area contributed by atoms with Gasteiger partial charge in [-0.3, -0.25) is 20.4 Å². The van der Waals surface area contributed by atoms with Crippen LogP contribution in [0.2, 0.25) is 0 Å². The van der Waals surface area contributed by atoms with E-state index in [2.05, 4.69) is 10.9 Å². The van der Waals surface area contributed by atoms with E-state index in [1.807, 2.05) is 31.2 Å². The first kappa shape index (κ1) is 16.9. The summed E-state index contributed by atoms with van der Waals surface area (Å²) < 4.78 is 23.8. The minimum absolute atomic E-state index is 0.0454. The van der Waals surface area contributed by atoms with Crippen molar-refractivity contribution in [2.24, 2.45) is 5.92 Å². The first-order valence-corrected chi connectivity index (χ1v) is 10.3. The summed E-state index contributed by atoms with van der Waals surface area (Å²) in [6, 6.07) is 7.73. The molecule has 1 aromatic heterocycles. The lowest BCUT2D eigenvalue weighted by molar-refractivity contribution is -0.122. The molecule has 0 bridgehead atoms. The second kappa shape index (κ2) is 6.52. The fourth-order valence-electron chi connectivity index (χ4n) is 2.92. The number of thiophene rings is 1. The predicted molar refractivity (Wildman–Crippen MR) is 93.5 cm³/mol. The molecule has 1 aliphatic rings. The molecule has 1 atom stereocenters. The molecule has 3 rings (SSSR count). The monoisotopic (exact) mass is 366 g/mol. The van der Waals surface area contributed by atoms with E-state index >= 15 is 0 Å². The smallest absolute Gasteiger partial charge is 0.273 e. The van der Waals surface area contributed by atoms with Crippen LogP contribution in [-0.2, 0) is 14.6 Å². The van der Waals surface area contributed by atoms with Gasteiger partial charge in [0.15, 0.2) is 9.84 Å². The lowest BCUT2D eigenvalue weighted by atomic mass is 10.1. The fourth-order valence-corrected chi connectivity index (χ4v) is 5.89. The average molecular weight is 366 g/mol. The number of sulfone groups is 1. The second-order valence-electron chi connectivity index (χ2n) is 6.03. The molecule has 2 N–H and O–H groups in total. The Bertz CT molecular complexity index is 902. The van der Waals surface area contributed by atoms with E-state index in [1.165, 1.54) is 11.3 Å². The molecule has 0 aliphatic carbocycles. The minimum Gasteiger partial charge on any atom is -0.273 e. The quantitative estimate of drug-likeness (QED) is 0.810. The first-order chi connectivity index (χ1) is 11.4. The summed E-state index contributed by atoms with van der Waals surface area (Å²) in [7, 11) is -3.00. The molecule has 0 spiro atoms. The minimum atomic E-state index is -3.00. The molecular weight excluding hydrogens is 348 g/mol. The van der Waals surface area contributed by atoms with Crippen LogP contribution in [-0.4, -0.2) is 31.7 Å². The van der Waals surface area contributed by atoms with Crippen molar-refractivity contribution in [3.63, 3.8) is 0 Å². The highest BCUT2D eigenvalue weighted by molar-refractivity contribution is 7.91. The average Bonchev–Trinajstić information content (AvgIpc) is 3.05. The molecule has 128 valence electrons.